The first kappa shape index (κ1) is 13.1. The number of rotatable bonds is 6. The van der Waals surface area contributed by atoms with Crippen LogP contribution in [-0.2, 0) is 9.53 Å². The average molecular weight is 234 g/mol. The lowest BCUT2D eigenvalue weighted by Crippen LogP contribution is -2.27. The zero-order chi connectivity index (χ0) is 12.7. The molecule has 0 unspecified atom stereocenters. The Labute approximate surface area is 102 Å². The van der Waals surface area contributed by atoms with E-state index in [-0.39, 0.29) is 0 Å². The summed E-state index contributed by atoms with van der Waals surface area (Å²) in [6.07, 6.45) is 1.17. The highest BCUT2D eigenvalue weighted by atomic mass is 16.5. The summed E-state index contributed by atoms with van der Waals surface area (Å²) in [7, 11) is 0. The van der Waals surface area contributed by atoms with Crippen LogP contribution in [0.25, 0.3) is 0 Å². The Balaban J connectivity index is 2.51. The molecule has 0 heterocycles. The molecule has 0 aliphatic carbocycles. The number of nitrogen functional groups attached to an aromatic ring is 1. The van der Waals surface area contributed by atoms with E-state index < -0.39 is 5.97 Å². The highest BCUT2D eigenvalue weighted by Gasteiger charge is 2.04. The van der Waals surface area contributed by atoms with Crippen molar-refractivity contribution >= 4 is 17.3 Å². The molecule has 1 aromatic carbocycles. The quantitative estimate of drug-likeness (QED) is 0.463. The third-order valence-electron chi connectivity index (χ3n) is 2.41. The summed E-state index contributed by atoms with van der Waals surface area (Å²) in [4.78, 5) is 13.0. The minimum absolute atomic E-state index is 0.350. The first-order valence-electron chi connectivity index (χ1n) is 5.57. The molecule has 0 aromatic heterocycles. The molecule has 4 nitrogen and oxygen atoms in total. The average Bonchev–Trinajstić information content (AvgIpc) is 2.35. The van der Waals surface area contributed by atoms with Gasteiger partial charge >= 0.3 is 5.97 Å². The van der Waals surface area contributed by atoms with E-state index in [0.29, 0.717) is 13.2 Å². The highest BCUT2D eigenvalue weighted by molar-refractivity contribution is 5.81. The minimum atomic E-state index is -0.390. The maximum absolute atomic E-state index is 10.9. The van der Waals surface area contributed by atoms with E-state index in [0.717, 1.165) is 17.9 Å². The number of hydrogen-bond acceptors (Lipinski definition) is 4. The molecule has 4 heteroatoms. The van der Waals surface area contributed by atoms with Gasteiger partial charge in [0, 0.05) is 24.0 Å². The molecule has 0 spiro atoms. The number of anilines is 2. The van der Waals surface area contributed by atoms with Gasteiger partial charge in [-0.1, -0.05) is 6.58 Å². The van der Waals surface area contributed by atoms with Crippen LogP contribution in [-0.4, -0.2) is 25.7 Å². The Morgan fingerprint density at radius 2 is 2.12 bits per heavy atom. The Kier molecular flexibility index (Phi) is 5.07. The molecular weight excluding hydrogens is 216 g/mol. The van der Waals surface area contributed by atoms with Crippen molar-refractivity contribution in [2.45, 2.75) is 6.92 Å². The standard InChI is InChI=1S/C13H18N2O2/c1-3-13(16)17-10-9-15(4-2)12-7-5-11(14)6-8-12/h3,5-8H,1,4,9-10,14H2,2H3. The van der Waals surface area contributed by atoms with Gasteiger partial charge in [0.2, 0.25) is 0 Å². The zero-order valence-corrected chi connectivity index (χ0v) is 10.1. The van der Waals surface area contributed by atoms with Crippen LogP contribution in [0.4, 0.5) is 11.4 Å². The van der Waals surface area contributed by atoms with E-state index in [1.54, 1.807) is 0 Å². The Morgan fingerprint density at radius 1 is 1.47 bits per heavy atom. The number of esters is 1. The van der Waals surface area contributed by atoms with E-state index >= 15 is 0 Å². The molecule has 0 aliphatic heterocycles. The van der Waals surface area contributed by atoms with Gasteiger partial charge in [-0.3, -0.25) is 0 Å². The lowest BCUT2D eigenvalue weighted by molar-refractivity contribution is -0.137. The van der Waals surface area contributed by atoms with E-state index in [1.807, 2.05) is 31.2 Å². The van der Waals surface area contributed by atoms with Crippen molar-refractivity contribution in [3.63, 3.8) is 0 Å². The Hall–Kier alpha value is -1.97. The van der Waals surface area contributed by atoms with Gasteiger partial charge in [-0.25, -0.2) is 4.79 Å². The van der Waals surface area contributed by atoms with Crippen LogP contribution < -0.4 is 10.6 Å². The molecule has 92 valence electrons. The smallest absolute Gasteiger partial charge is 0.330 e. The zero-order valence-electron chi connectivity index (χ0n) is 10.1. The summed E-state index contributed by atoms with van der Waals surface area (Å²) < 4.78 is 4.95. The minimum Gasteiger partial charge on any atom is -0.461 e. The van der Waals surface area contributed by atoms with Gasteiger partial charge in [-0.2, -0.15) is 0 Å². The molecule has 0 amide bonds. The van der Waals surface area contributed by atoms with Crippen molar-refractivity contribution in [1.82, 2.24) is 0 Å². The van der Waals surface area contributed by atoms with Crippen LogP contribution in [0.2, 0.25) is 0 Å². The molecule has 0 bridgehead atoms. The maximum Gasteiger partial charge on any atom is 0.330 e. The fraction of sp³-hybridized carbons (Fsp3) is 0.308. The van der Waals surface area contributed by atoms with Crippen LogP contribution >= 0.6 is 0 Å². The molecule has 1 rings (SSSR count). The summed E-state index contributed by atoms with van der Waals surface area (Å²) in [5, 5.41) is 0. The summed E-state index contributed by atoms with van der Waals surface area (Å²) >= 11 is 0. The van der Waals surface area contributed by atoms with E-state index in [1.165, 1.54) is 6.08 Å². The van der Waals surface area contributed by atoms with Gasteiger partial charge in [0.05, 0.1) is 6.54 Å². The molecule has 0 aliphatic rings. The second-order valence-electron chi connectivity index (χ2n) is 3.54. The topological polar surface area (TPSA) is 55.6 Å². The van der Waals surface area contributed by atoms with Crippen molar-refractivity contribution < 1.29 is 9.53 Å². The van der Waals surface area contributed by atoms with Crippen molar-refractivity contribution in [3.8, 4) is 0 Å². The van der Waals surface area contributed by atoms with Gasteiger partial charge in [0.1, 0.15) is 6.61 Å². The normalized spacial score (nSPS) is 9.71. The lowest BCUT2D eigenvalue weighted by Gasteiger charge is -2.22. The SMILES string of the molecule is C=CC(=O)OCCN(CC)c1ccc(N)cc1. The van der Waals surface area contributed by atoms with Crippen molar-refractivity contribution in [3.05, 3.63) is 36.9 Å². The van der Waals surface area contributed by atoms with Gasteiger partial charge in [-0.05, 0) is 31.2 Å². The number of hydrogen-bond donors (Lipinski definition) is 1. The fourth-order valence-electron chi connectivity index (χ4n) is 1.47. The highest BCUT2D eigenvalue weighted by Crippen LogP contribution is 2.15. The van der Waals surface area contributed by atoms with Crippen LogP contribution in [0.15, 0.2) is 36.9 Å². The number of ether oxygens (including phenoxy) is 1. The molecule has 2 N–H and O–H groups in total. The maximum atomic E-state index is 10.9. The first-order chi connectivity index (χ1) is 8.17. The molecule has 0 saturated carbocycles. The number of carbonyl (C=O) groups is 1. The van der Waals surface area contributed by atoms with Crippen molar-refractivity contribution in [2.75, 3.05) is 30.3 Å². The van der Waals surface area contributed by atoms with Crippen LogP contribution in [0.3, 0.4) is 0 Å². The van der Waals surface area contributed by atoms with Crippen molar-refractivity contribution in [1.29, 1.82) is 0 Å². The fourth-order valence-corrected chi connectivity index (χ4v) is 1.47. The predicted molar refractivity (Wildman–Crippen MR) is 69.9 cm³/mol. The van der Waals surface area contributed by atoms with E-state index in [4.69, 9.17) is 10.5 Å². The van der Waals surface area contributed by atoms with Crippen LogP contribution in [0, 0.1) is 0 Å². The summed E-state index contributed by atoms with van der Waals surface area (Å²) in [6, 6.07) is 7.61. The van der Waals surface area contributed by atoms with E-state index in [9.17, 15) is 4.79 Å². The number of nitrogens with zero attached hydrogens (tertiary/aromatic N) is 1. The van der Waals surface area contributed by atoms with E-state index in [2.05, 4.69) is 11.5 Å². The summed E-state index contributed by atoms with van der Waals surface area (Å²) in [5.41, 5.74) is 7.43. The van der Waals surface area contributed by atoms with Gasteiger partial charge in [0.15, 0.2) is 0 Å². The largest absolute Gasteiger partial charge is 0.461 e. The van der Waals surface area contributed by atoms with Crippen molar-refractivity contribution in [2.24, 2.45) is 0 Å². The molecule has 0 radical (unpaired) electrons. The third kappa shape index (κ3) is 4.18. The number of likely N-dealkylation sites (N-methyl/N-ethyl adjacent to an activating group) is 1. The van der Waals surface area contributed by atoms with Crippen LogP contribution in [0.1, 0.15) is 6.92 Å². The predicted octanol–water partition coefficient (Wildman–Crippen LogP) is 1.82. The summed E-state index contributed by atoms with van der Waals surface area (Å²) in [6.45, 7) is 7.24. The Morgan fingerprint density at radius 3 is 2.65 bits per heavy atom. The molecule has 0 fully saturated rings. The molecule has 1 aromatic rings. The van der Waals surface area contributed by atoms with Gasteiger partial charge in [-0.15, -0.1) is 0 Å². The molecule has 17 heavy (non-hydrogen) atoms. The van der Waals surface area contributed by atoms with Gasteiger partial charge < -0.3 is 15.4 Å². The lowest BCUT2D eigenvalue weighted by atomic mass is 10.2. The monoisotopic (exact) mass is 234 g/mol. The second kappa shape index (κ2) is 6.58. The molecular formula is C13H18N2O2. The molecule has 0 saturated heterocycles. The Bertz CT molecular complexity index is 374. The second-order valence-corrected chi connectivity index (χ2v) is 3.54. The van der Waals surface area contributed by atoms with Crippen LogP contribution in [0.5, 0.6) is 0 Å². The first-order valence-corrected chi connectivity index (χ1v) is 5.57. The van der Waals surface area contributed by atoms with Gasteiger partial charge in [0.25, 0.3) is 0 Å². The number of carbonyl (C=O) groups excluding carboxylic acids is 1. The molecule has 0 atom stereocenters. The number of nitrogens with two attached hydrogens (primary N) is 1. The number of benzene rings is 1. The summed E-state index contributed by atoms with van der Waals surface area (Å²) in [5.74, 6) is -0.390. The third-order valence-corrected chi connectivity index (χ3v) is 2.41.